The summed E-state index contributed by atoms with van der Waals surface area (Å²) in [6.07, 6.45) is 1.68. The van der Waals surface area contributed by atoms with Crippen LogP contribution in [0.5, 0.6) is 0 Å². The first-order valence-corrected chi connectivity index (χ1v) is 8.64. The van der Waals surface area contributed by atoms with Gasteiger partial charge in [0.25, 0.3) is 11.5 Å². The Balaban J connectivity index is 1.74. The van der Waals surface area contributed by atoms with Crippen molar-refractivity contribution in [1.82, 2.24) is 9.38 Å². The van der Waals surface area contributed by atoms with Crippen molar-refractivity contribution in [3.05, 3.63) is 75.0 Å². The molecule has 0 spiro atoms. The number of rotatable bonds is 2. The van der Waals surface area contributed by atoms with Crippen LogP contribution in [-0.4, -0.2) is 15.3 Å². The van der Waals surface area contributed by atoms with E-state index in [0.29, 0.717) is 20.7 Å². The number of carbonyl (C=O) groups is 1. The first-order chi connectivity index (χ1) is 12.0. The summed E-state index contributed by atoms with van der Waals surface area (Å²) in [7, 11) is 0. The number of carbonyl (C=O) groups excluding carboxylic acids is 1. The first kappa shape index (κ1) is 15.5. The zero-order valence-corrected chi connectivity index (χ0v) is 14.6. The number of thiophene rings is 1. The maximum atomic E-state index is 12.6. The van der Waals surface area contributed by atoms with E-state index in [1.807, 2.05) is 38.1 Å². The summed E-state index contributed by atoms with van der Waals surface area (Å²) in [6.45, 7) is 4.03. The van der Waals surface area contributed by atoms with Gasteiger partial charge in [-0.05, 0) is 55.3 Å². The van der Waals surface area contributed by atoms with Crippen molar-refractivity contribution in [2.75, 3.05) is 5.32 Å². The monoisotopic (exact) mass is 349 g/mol. The normalized spacial score (nSPS) is 11.1. The summed E-state index contributed by atoms with van der Waals surface area (Å²) in [6, 6.07) is 12.8. The molecule has 0 unspecified atom stereocenters. The maximum Gasteiger partial charge on any atom is 0.266 e. The van der Waals surface area contributed by atoms with Crippen molar-refractivity contribution in [3.63, 3.8) is 0 Å². The Morgan fingerprint density at radius 3 is 2.76 bits per heavy atom. The van der Waals surface area contributed by atoms with Gasteiger partial charge in [-0.3, -0.25) is 14.0 Å². The average Bonchev–Trinajstić information content (AvgIpc) is 3.03. The summed E-state index contributed by atoms with van der Waals surface area (Å²) in [5.41, 5.74) is 3.43. The Morgan fingerprint density at radius 1 is 1.12 bits per heavy atom. The van der Waals surface area contributed by atoms with Gasteiger partial charge in [0.15, 0.2) is 0 Å². The van der Waals surface area contributed by atoms with E-state index >= 15 is 0 Å². The number of aryl methyl sites for hydroxylation is 2. The van der Waals surface area contributed by atoms with Gasteiger partial charge in [0.05, 0.1) is 10.3 Å². The van der Waals surface area contributed by atoms with Crippen LogP contribution in [-0.2, 0) is 0 Å². The predicted octanol–water partition coefficient (Wildman–Crippen LogP) is 3.78. The zero-order valence-electron chi connectivity index (χ0n) is 13.7. The molecule has 0 saturated carbocycles. The minimum Gasteiger partial charge on any atom is -0.321 e. The number of amides is 1. The second kappa shape index (κ2) is 5.82. The molecule has 0 atom stereocenters. The summed E-state index contributed by atoms with van der Waals surface area (Å²) < 4.78 is 1.49. The molecule has 3 aromatic heterocycles. The molecule has 6 heteroatoms. The molecule has 0 aliphatic heterocycles. The van der Waals surface area contributed by atoms with Crippen LogP contribution in [0.25, 0.3) is 15.9 Å². The van der Waals surface area contributed by atoms with Crippen LogP contribution in [0, 0.1) is 13.8 Å². The van der Waals surface area contributed by atoms with Crippen molar-refractivity contribution in [3.8, 4) is 0 Å². The molecule has 5 nitrogen and oxygen atoms in total. The number of benzene rings is 1. The Morgan fingerprint density at radius 2 is 1.96 bits per heavy atom. The number of fused-ring (bicyclic) bond motifs is 2. The Hall–Kier alpha value is -2.99. The fourth-order valence-electron chi connectivity index (χ4n) is 2.67. The molecule has 25 heavy (non-hydrogen) atoms. The highest BCUT2D eigenvalue weighted by atomic mass is 32.1. The third-order valence-corrected chi connectivity index (χ3v) is 5.23. The molecule has 124 valence electrons. The van der Waals surface area contributed by atoms with Crippen molar-refractivity contribution >= 4 is 38.8 Å². The quantitative estimate of drug-likeness (QED) is 0.599. The van der Waals surface area contributed by atoms with Crippen LogP contribution in [0.2, 0.25) is 0 Å². The number of hydrogen-bond acceptors (Lipinski definition) is 4. The van der Waals surface area contributed by atoms with Gasteiger partial charge in [-0.25, -0.2) is 4.98 Å². The van der Waals surface area contributed by atoms with Gasteiger partial charge in [-0.15, -0.1) is 11.3 Å². The van der Waals surface area contributed by atoms with Crippen LogP contribution >= 0.6 is 11.3 Å². The molecule has 1 N–H and O–H groups in total. The van der Waals surface area contributed by atoms with E-state index in [1.54, 1.807) is 24.4 Å². The fourth-order valence-corrected chi connectivity index (χ4v) is 3.60. The Kier molecular flexibility index (Phi) is 3.62. The summed E-state index contributed by atoms with van der Waals surface area (Å²) in [5, 5.41) is 3.34. The molecule has 4 aromatic rings. The molecule has 0 radical (unpaired) electrons. The lowest BCUT2D eigenvalue weighted by Gasteiger charge is -2.06. The number of aromatic nitrogens is 2. The predicted molar refractivity (Wildman–Crippen MR) is 101 cm³/mol. The van der Waals surface area contributed by atoms with Gasteiger partial charge in [0.2, 0.25) is 0 Å². The highest BCUT2D eigenvalue weighted by Crippen LogP contribution is 2.23. The molecular weight excluding hydrogens is 334 g/mol. The van der Waals surface area contributed by atoms with Gasteiger partial charge in [0, 0.05) is 11.9 Å². The molecule has 0 aliphatic carbocycles. The lowest BCUT2D eigenvalue weighted by molar-refractivity contribution is 0.103. The third kappa shape index (κ3) is 2.70. The second-order valence-corrected chi connectivity index (χ2v) is 6.96. The third-order valence-electron chi connectivity index (χ3n) is 4.20. The van der Waals surface area contributed by atoms with Crippen molar-refractivity contribution in [1.29, 1.82) is 0 Å². The summed E-state index contributed by atoms with van der Waals surface area (Å²) in [5.74, 6) is -0.236. The summed E-state index contributed by atoms with van der Waals surface area (Å²) >= 11 is 1.22. The molecule has 0 fully saturated rings. The van der Waals surface area contributed by atoms with E-state index in [2.05, 4.69) is 10.3 Å². The lowest BCUT2D eigenvalue weighted by atomic mass is 10.1. The van der Waals surface area contributed by atoms with E-state index in [-0.39, 0.29) is 11.5 Å². The summed E-state index contributed by atoms with van der Waals surface area (Å²) in [4.78, 5) is 30.6. The molecule has 4 rings (SSSR count). The lowest BCUT2D eigenvalue weighted by Crippen LogP contribution is -2.13. The topological polar surface area (TPSA) is 63.5 Å². The molecule has 0 saturated heterocycles. The number of nitrogens with one attached hydrogen (secondary N) is 1. The van der Waals surface area contributed by atoms with E-state index in [1.165, 1.54) is 21.3 Å². The number of pyridine rings is 1. The Labute approximate surface area is 147 Å². The standard InChI is InChI=1S/C19H15N3O2S/c1-11-6-7-13(9-12(11)2)20-17(23)15-10-14-18(25-15)21-16-5-3-4-8-22(16)19(14)24/h3-10H,1-2H3,(H,20,23). The van der Waals surface area contributed by atoms with E-state index in [0.717, 1.165) is 11.3 Å². The molecule has 0 aliphatic rings. The first-order valence-electron chi connectivity index (χ1n) is 7.82. The second-order valence-electron chi connectivity index (χ2n) is 5.93. The Bertz CT molecular complexity index is 1190. The molecule has 3 heterocycles. The highest BCUT2D eigenvalue weighted by molar-refractivity contribution is 7.20. The number of nitrogens with zero attached hydrogens (tertiary/aromatic N) is 2. The maximum absolute atomic E-state index is 12.6. The zero-order chi connectivity index (χ0) is 17.6. The highest BCUT2D eigenvalue weighted by Gasteiger charge is 2.15. The largest absolute Gasteiger partial charge is 0.321 e. The van der Waals surface area contributed by atoms with Gasteiger partial charge in [-0.2, -0.15) is 0 Å². The van der Waals surface area contributed by atoms with Crippen LogP contribution in [0.4, 0.5) is 5.69 Å². The fraction of sp³-hybridized carbons (Fsp3) is 0.105. The molecule has 0 bridgehead atoms. The van der Waals surface area contributed by atoms with Crippen molar-refractivity contribution in [2.24, 2.45) is 0 Å². The van der Waals surface area contributed by atoms with Crippen LogP contribution < -0.4 is 10.9 Å². The van der Waals surface area contributed by atoms with Crippen LogP contribution in [0.1, 0.15) is 20.8 Å². The van der Waals surface area contributed by atoms with E-state index in [9.17, 15) is 9.59 Å². The van der Waals surface area contributed by atoms with Gasteiger partial charge in [-0.1, -0.05) is 12.1 Å². The smallest absolute Gasteiger partial charge is 0.266 e. The number of anilines is 1. The molecule has 1 aromatic carbocycles. The van der Waals surface area contributed by atoms with Crippen molar-refractivity contribution < 1.29 is 4.79 Å². The van der Waals surface area contributed by atoms with Crippen molar-refractivity contribution in [2.45, 2.75) is 13.8 Å². The SMILES string of the molecule is Cc1ccc(NC(=O)c2cc3c(=O)n4ccccc4nc3s2)cc1C. The van der Waals surface area contributed by atoms with Gasteiger partial charge < -0.3 is 5.32 Å². The van der Waals surface area contributed by atoms with E-state index in [4.69, 9.17) is 0 Å². The van der Waals surface area contributed by atoms with Crippen LogP contribution in [0.3, 0.4) is 0 Å². The van der Waals surface area contributed by atoms with Gasteiger partial charge in [0.1, 0.15) is 10.5 Å². The van der Waals surface area contributed by atoms with Gasteiger partial charge >= 0.3 is 0 Å². The number of hydrogen-bond donors (Lipinski definition) is 1. The van der Waals surface area contributed by atoms with E-state index < -0.39 is 0 Å². The van der Waals surface area contributed by atoms with Crippen LogP contribution in [0.15, 0.2) is 53.5 Å². The minimum atomic E-state index is -0.236. The minimum absolute atomic E-state index is 0.165. The molecule has 1 amide bonds. The molecular formula is C19H15N3O2S. The average molecular weight is 349 g/mol.